The summed E-state index contributed by atoms with van der Waals surface area (Å²) in [5, 5.41) is 10.6. The number of anilines is 1. The second kappa shape index (κ2) is 11.7. The van der Waals surface area contributed by atoms with Crippen molar-refractivity contribution >= 4 is 21.6 Å². The van der Waals surface area contributed by atoms with E-state index in [1.807, 2.05) is 12.1 Å². The van der Waals surface area contributed by atoms with Crippen LogP contribution in [-0.2, 0) is 16.4 Å². The number of sulfone groups is 1. The molecule has 0 saturated carbocycles. The van der Waals surface area contributed by atoms with Crippen LogP contribution in [0.2, 0.25) is 0 Å². The van der Waals surface area contributed by atoms with Crippen LogP contribution in [0, 0.1) is 11.3 Å². The zero-order valence-corrected chi connectivity index (χ0v) is 22.6. The molecule has 3 aliphatic heterocycles. The van der Waals surface area contributed by atoms with Crippen LogP contribution < -0.4 is 15.0 Å². The molecular formula is C28H39N3O5S. The van der Waals surface area contributed by atoms with Gasteiger partial charge in [-0.05, 0) is 54.0 Å². The molecule has 2 aromatic rings. The third-order valence-electron chi connectivity index (χ3n) is 7.47. The molecule has 0 spiro atoms. The third-order valence-corrected chi connectivity index (χ3v) is 9.21. The fourth-order valence-electron chi connectivity index (χ4n) is 5.80. The smallest absolute Gasteiger partial charge is 0.404 e. The van der Waals surface area contributed by atoms with Gasteiger partial charge >= 0.3 is 6.09 Å². The summed E-state index contributed by atoms with van der Waals surface area (Å²) in [6, 6.07) is 19.3. The van der Waals surface area contributed by atoms with Crippen molar-refractivity contribution in [3.63, 3.8) is 0 Å². The molecule has 9 heteroatoms. The third kappa shape index (κ3) is 7.61. The summed E-state index contributed by atoms with van der Waals surface area (Å²) < 4.78 is 29.8. The van der Waals surface area contributed by atoms with Crippen LogP contribution in [0.15, 0.2) is 54.6 Å². The molecule has 0 aromatic heterocycles. The fourth-order valence-corrected chi connectivity index (χ4v) is 6.97. The summed E-state index contributed by atoms with van der Waals surface area (Å²) >= 11 is 0. The molecule has 3 fully saturated rings. The molecule has 37 heavy (non-hydrogen) atoms. The van der Waals surface area contributed by atoms with E-state index >= 15 is 0 Å². The summed E-state index contributed by atoms with van der Waals surface area (Å²) in [5.74, 6) is 1.10. The molecule has 2 aromatic carbocycles. The molecule has 1 amide bonds. The van der Waals surface area contributed by atoms with E-state index in [0.717, 1.165) is 31.9 Å². The molecule has 0 unspecified atom stereocenters. The highest BCUT2D eigenvalue weighted by Crippen LogP contribution is 2.43. The second-order valence-corrected chi connectivity index (χ2v) is 13.3. The van der Waals surface area contributed by atoms with E-state index in [1.54, 1.807) is 0 Å². The average Bonchev–Trinajstić information content (AvgIpc) is 3.08. The number of carbonyl (C=O) groups is 1. The predicted molar refractivity (Wildman–Crippen MR) is 146 cm³/mol. The van der Waals surface area contributed by atoms with E-state index in [-0.39, 0.29) is 23.5 Å². The number of fused-ring (bicyclic) bond motifs is 4. The lowest BCUT2D eigenvalue weighted by Gasteiger charge is -2.48. The Morgan fingerprint density at radius 2 is 1.78 bits per heavy atom. The standard InChI is InChI=1S/C28H39N3O5S/c1-28(2)17-23-19-30(18-22-7-4-3-5-8-22)21-26(28)31(20-23)24-9-11-25(12-10-24)36-14-6-15-37(34,35)16-13-29-27(32)33/h3-5,7-12,23,26,29H,6,13-21H2,1-2H3,(H,32,33)/t23-,26-/m1/s1. The molecule has 0 aliphatic carbocycles. The van der Waals surface area contributed by atoms with Crippen LogP contribution in [-0.4, -0.2) is 74.9 Å². The van der Waals surface area contributed by atoms with E-state index in [2.05, 4.69) is 71.4 Å². The second-order valence-electron chi connectivity index (χ2n) is 11.0. The Morgan fingerprint density at radius 3 is 2.49 bits per heavy atom. The SMILES string of the molecule is CC1(C)C[C@@H]2CN(Cc3ccccc3)C[C@H]1N(c1ccc(OCCCS(=O)(=O)CCNC(=O)O)cc1)C2. The number of benzene rings is 2. The van der Waals surface area contributed by atoms with Gasteiger partial charge in [-0.25, -0.2) is 13.2 Å². The molecule has 2 atom stereocenters. The number of hydrogen-bond acceptors (Lipinski definition) is 6. The largest absolute Gasteiger partial charge is 0.494 e. The van der Waals surface area contributed by atoms with Crippen molar-refractivity contribution in [2.45, 2.75) is 39.3 Å². The molecule has 202 valence electrons. The van der Waals surface area contributed by atoms with Gasteiger partial charge < -0.3 is 20.1 Å². The molecule has 2 bridgehead atoms. The van der Waals surface area contributed by atoms with Gasteiger partial charge in [-0.1, -0.05) is 44.2 Å². The van der Waals surface area contributed by atoms with Gasteiger partial charge in [0.15, 0.2) is 9.84 Å². The predicted octanol–water partition coefficient (Wildman–Crippen LogP) is 3.87. The van der Waals surface area contributed by atoms with Gasteiger partial charge in [-0.15, -0.1) is 0 Å². The van der Waals surface area contributed by atoms with Crippen LogP contribution in [0.25, 0.3) is 0 Å². The lowest BCUT2D eigenvalue weighted by atomic mass is 9.73. The lowest BCUT2D eigenvalue weighted by Crippen LogP contribution is -2.53. The first-order valence-electron chi connectivity index (χ1n) is 13.0. The molecule has 0 radical (unpaired) electrons. The number of nitrogens with zero attached hydrogens (tertiary/aromatic N) is 2. The van der Waals surface area contributed by atoms with Gasteiger partial charge in [0.2, 0.25) is 0 Å². The zero-order valence-electron chi connectivity index (χ0n) is 21.8. The number of hydrogen-bond donors (Lipinski definition) is 2. The molecule has 5 rings (SSSR count). The highest BCUT2D eigenvalue weighted by Gasteiger charge is 2.45. The maximum atomic E-state index is 12.0. The topological polar surface area (TPSA) is 99.2 Å². The van der Waals surface area contributed by atoms with Gasteiger partial charge in [0, 0.05) is 44.5 Å². The van der Waals surface area contributed by atoms with Crippen LogP contribution in [0.3, 0.4) is 0 Å². The zero-order chi connectivity index (χ0) is 26.5. The lowest BCUT2D eigenvalue weighted by molar-refractivity contribution is 0.190. The number of nitrogens with one attached hydrogen (secondary N) is 1. The van der Waals surface area contributed by atoms with E-state index in [0.29, 0.717) is 25.0 Å². The van der Waals surface area contributed by atoms with Crippen LogP contribution in [0.4, 0.5) is 10.5 Å². The summed E-state index contributed by atoms with van der Waals surface area (Å²) in [6.07, 6.45) is 0.372. The maximum Gasteiger partial charge on any atom is 0.404 e. The molecule has 3 aliphatic rings. The minimum atomic E-state index is -3.31. The van der Waals surface area contributed by atoms with Gasteiger partial charge in [0.1, 0.15) is 5.75 Å². The first-order chi connectivity index (χ1) is 17.6. The Morgan fingerprint density at radius 1 is 1.05 bits per heavy atom. The van der Waals surface area contributed by atoms with E-state index in [4.69, 9.17) is 9.84 Å². The summed E-state index contributed by atoms with van der Waals surface area (Å²) in [4.78, 5) is 15.6. The molecule has 2 N–H and O–H groups in total. The summed E-state index contributed by atoms with van der Waals surface area (Å²) in [6.45, 7) is 9.16. The molecule has 8 nitrogen and oxygen atoms in total. The van der Waals surface area contributed by atoms with Crippen molar-refractivity contribution in [3.8, 4) is 5.75 Å². The number of rotatable bonds is 11. The molecule has 3 saturated heterocycles. The first-order valence-corrected chi connectivity index (χ1v) is 14.9. The Kier molecular flexibility index (Phi) is 8.64. The normalized spacial score (nSPS) is 21.4. The molecular weight excluding hydrogens is 490 g/mol. The average molecular weight is 530 g/mol. The number of ether oxygens (including phenoxy) is 1. The van der Waals surface area contributed by atoms with E-state index < -0.39 is 15.9 Å². The maximum absolute atomic E-state index is 12.0. The van der Waals surface area contributed by atoms with Crippen molar-refractivity contribution in [1.82, 2.24) is 10.2 Å². The Bertz CT molecular complexity index is 1140. The Balaban J connectivity index is 1.32. The van der Waals surface area contributed by atoms with E-state index in [9.17, 15) is 13.2 Å². The van der Waals surface area contributed by atoms with Gasteiger partial charge in [-0.2, -0.15) is 0 Å². The van der Waals surface area contributed by atoms with E-state index in [1.165, 1.54) is 17.7 Å². The minimum Gasteiger partial charge on any atom is -0.494 e. The monoisotopic (exact) mass is 529 g/mol. The van der Waals surface area contributed by atoms with Gasteiger partial charge in [-0.3, -0.25) is 4.90 Å². The van der Waals surface area contributed by atoms with Crippen molar-refractivity contribution < 1.29 is 23.1 Å². The Labute approximate surface area is 220 Å². The van der Waals surface area contributed by atoms with Crippen LogP contribution in [0.1, 0.15) is 32.3 Å². The number of amides is 1. The van der Waals surface area contributed by atoms with Crippen LogP contribution >= 0.6 is 0 Å². The fraction of sp³-hybridized carbons (Fsp3) is 0.536. The van der Waals surface area contributed by atoms with Crippen LogP contribution in [0.5, 0.6) is 5.75 Å². The highest BCUT2D eigenvalue weighted by molar-refractivity contribution is 7.91. The number of piperidine rings is 1. The van der Waals surface area contributed by atoms with Gasteiger partial charge in [0.05, 0.1) is 18.1 Å². The van der Waals surface area contributed by atoms with Gasteiger partial charge in [0.25, 0.3) is 0 Å². The van der Waals surface area contributed by atoms with Crippen molar-refractivity contribution in [1.29, 1.82) is 0 Å². The van der Waals surface area contributed by atoms with Crippen molar-refractivity contribution in [2.75, 3.05) is 49.2 Å². The highest BCUT2D eigenvalue weighted by atomic mass is 32.2. The Hall–Kier alpha value is -2.78. The molecule has 3 heterocycles. The summed E-state index contributed by atoms with van der Waals surface area (Å²) in [7, 11) is -3.31. The summed E-state index contributed by atoms with van der Waals surface area (Å²) in [5.41, 5.74) is 2.78. The van der Waals surface area contributed by atoms with Crippen molar-refractivity contribution in [3.05, 3.63) is 60.2 Å². The van der Waals surface area contributed by atoms with Crippen molar-refractivity contribution in [2.24, 2.45) is 11.3 Å². The first kappa shape index (κ1) is 27.3. The quantitative estimate of drug-likeness (QED) is 0.426. The minimum absolute atomic E-state index is 0.0300. The number of carboxylic acid groups (broad SMARTS) is 1.